The lowest BCUT2D eigenvalue weighted by atomic mass is 9.97. The number of thiophene rings is 1. The van der Waals surface area contributed by atoms with Crippen LogP contribution in [0.4, 0.5) is 0 Å². The maximum atomic E-state index is 13.2. The Labute approximate surface area is 180 Å². The fraction of sp³-hybridized carbons (Fsp3) is 0.333. The lowest BCUT2D eigenvalue weighted by Crippen LogP contribution is -2.23. The van der Waals surface area contributed by atoms with Gasteiger partial charge in [0.2, 0.25) is 0 Å². The molecule has 28 heavy (non-hydrogen) atoms. The molecule has 4 rings (SSSR count). The summed E-state index contributed by atoms with van der Waals surface area (Å²) in [6.07, 6.45) is 6.18. The van der Waals surface area contributed by atoms with Gasteiger partial charge in [-0.2, -0.15) is 0 Å². The molecule has 1 aromatic carbocycles. The van der Waals surface area contributed by atoms with Crippen molar-refractivity contribution in [2.75, 3.05) is 12.4 Å². The Kier molecular flexibility index (Phi) is 6.23. The standard InChI is InChI=1S/C21H21BrN2O2S2/c1-2-11-24-20(25)18-16-5-3-4-6-17(16)28-19(18)23-21(24)27-13-12-26-15-9-7-14(22)8-10-15/h2,7-10H,1,3-6,11-13H2. The molecule has 2 aromatic heterocycles. The number of rotatable bonds is 7. The van der Waals surface area contributed by atoms with E-state index in [1.165, 1.54) is 16.9 Å². The van der Waals surface area contributed by atoms with E-state index in [1.807, 2.05) is 24.3 Å². The Morgan fingerprint density at radius 1 is 1.29 bits per heavy atom. The molecule has 0 bridgehead atoms. The average molecular weight is 477 g/mol. The van der Waals surface area contributed by atoms with E-state index in [-0.39, 0.29) is 5.56 Å². The second kappa shape index (κ2) is 8.84. The van der Waals surface area contributed by atoms with E-state index in [0.717, 1.165) is 50.6 Å². The van der Waals surface area contributed by atoms with Gasteiger partial charge in [0, 0.05) is 21.6 Å². The molecule has 0 unspecified atom stereocenters. The molecule has 0 amide bonds. The summed E-state index contributed by atoms with van der Waals surface area (Å²) in [4.78, 5) is 20.3. The maximum Gasteiger partial charge on any atom is 0.263 e. The van der Waals surface area contributed by atoms with Gasteiger partial charge in [0.25, 0.3) is 5.56 Å². The first-order chi connectivity index (χ1) is 13.7. The van der Waals surface area contributed by atoms with Crippen LogP contribution in [0, 0.1) is 0 Å². The van der Waals surface area contributed by atoms with Crippen LogP contribution in [-0.4, -0.2) is 21.9 Å². The maximum absolute atomic E-state index is 13.2. The van der Waals surface area contributed by atoms with Gasteiger partial charge >= 0.3 is 0 Å². The van der Waals surface area contributed by atoms with E-state index in [2.05, 4.69) is 22.5 Å². The first-order valence-electron chi connectivity index (χ1n) is 9.34. The number of aromatic nitrogens is 2. The van der Waals surface area contributed by atoms with Gasteiger partial charge in [0.15, 0.2) is 5.16 Å². The van der Waals surface area contributed by atoms with E-state index in [4.69, 9.17) is 9.72 Å². The number of aryl methyl sites for hydroxylation is 2. The summed E-state index contributed by atoms with van der Waals surface area (Å²) in [5.41, 5.74) is 1.30. The van der Waals surface area contributed by atoms with Gasteiger partial charge in [-0.05, 0) is 55.5 Å². The summed E-state index contributed by atoms with van der Waals surface area (Å²) in [5, 5.41) is 1.58. The highest BCUT2D eigenvalue weighted by atomic mass is 79.9. The number of allylic oxidation sites excluding steroid dienone is 1. The topological polar surface area (TPSA) is 44.1 Å². The fourth-order valence-electron chi connectivity index (χ4n) is 3.44. The van der Waals surface area contributed by atoms with Crippen LogP contribution < -0.4 is 10.3 Å². The Morgan fingerprint density at radius 3 is 2.86 bits per heavy atom. The Morgan fingerprint density at radius 2 is 2.07 bits per heavy atom. The fourth-order valence-corrected chi connectivity index (χ4v) is 5.84. The molecule has 0 saturated carbocycles. The van der Waals surface area contributed by atoms with Crippen molar-refractivity contribution in [3.63, 3.8) is 0 Å². The highest BCUT2D eigenvalue weighted by Gasteiger charge is 2.21. The molecule has 0 radical (unpaired) electrons. The molecular formula is C21H21BrN2O2S2. The first kappa shape index (κ1) is 19.7. The highest BCUT2D eigenvalue weighted by Crippen LogP contribution is 2.34. The Hall–Kier alpha value is -1.57. The third-order valence-corrected chi connectivity index (χ3v) is 7.40. The summed E-state index contributed by atoms with van der Waals surface area (Å²) in [6, 6.07) is 7.78. The van der Waals surface area contributed by atoms with E-state index in [9.17, 15) is 4.79 Å². The van der Waals surface area contributed by atoms with Crippen LogP contribution in [0.5, 0.6) is 5.75 Å². The van der Waals surface area contributed by atoms with E-state index in [0.29, 0.717) is 13.2 Å². The van der Waals surface area contributed by atoms with Crippen LogP contribution in [-0.2, 0) is 19.4 Å². The predicted octanol–water partition coefficient (Wildman–Crippen LogP) is 5.46. The third-order valence-electron chi connectivity index (χ3n) is 4.75. The van der Waals surface area contributed by atoms with Crippen LogP contribution in [0.15, 0.2) is 51.3 Å². The zero-order chi connectivity index (χ0) is 19.5. The molecule has 7 heteroatoms. The van der Waals surface area contributed by atoms with Gasteiger partial charge < -0.3 is 4.74 Å². The smallest absolute Gasteiger partial charge is 0.263 e. The number of fused-ring (bicyclic) bond motifs is 3. The molecule has 0 aliphatic heterocycles. The monoisotopic (exact) mass is 476 g/mol. The molecule has 0 fully saturated rings. The highest BCUT2D eigenvalue weighted by molar-refractivity contribution is 9.10. The second-order valence-corrected chi connectivity index (χ2v) is 9.70. The van der Waals surface area contributed by atoms with Crippen LogP contribution >= 0.6 is 39.0 Å². The number of nitrogens with zero attached hydrogens (tertiary/aromatic N) is 2. The zero-order valence-electron chi connectivity index (χ0n) is 15.4. The van der Waals surface area contributed by atoms with Gasteiger partial charge in [-0.15, -0.1) is 17.9 Å². The summed E-state index contributed by atoms with van der Waals surface area (Å²) in [7, 11) is 0. The zero-order valence-corrected chi connectivity index (χ0v) is 18.7. The molecule has 2 heterocycles. The minimum absolute atomic E-state index is 0.0700. The van der Waals surface area contributed by atoms with Crippen molar-refractivity contribution in [1.29, 1.82) is 0 Å². The van der Waals surface area contributed by atoms with Crippen LogP contribution in [0.3, 0.4) is 0 Å². The van der Waals surface area contributed by atoms with Crippen LogP contribution in [0.1, 0.15) is 23.3 Å². The van der Waals surface area contributed by atoms with Crippen molar-refractivity contribution in [3.05, 3.63) is 62.2 Å². The van der Waals surface area contributed by atoms with Gasteiger partial charge in [0.05, 0.1) is 12.0 Å². The van der Waals surface area contributed by atoms with Crippen molar-refractivity contribution < 1.29 is 4.74 Å². The van der Waals surface area contributed by atoms with Crippen molar-refractivity contribution in [1.82, 2.24) is 9.55 Å². The third kappa shape index (κ3) is 4.07. The van der Waals surface area contributed by atoms with Crippen LogP contribution in [0.2, 0.25) is 0 Å². The largest absolute Gasteiger partial charge is 0.493 e. The van der Waals surface area contributed by atoms with E-state index < -0.39 is 0 Å². The number of benzene rings is 1. The van der Waals surface area contributed by atoms with Gasteiger partial charge in [-0.25, -0.2) is 4.98 Å². The van der Waals surface area contributed by atoms with Crippen molar-refractivity contribution >= 4 is 49.2 Å². The molecule has 0 saturated heterocycles. The molecule has 0 spiro atoms. The Bertz CT molecular complexity index is 1060. The lowest BCUT2D eigenvalue weighted by Gasteiger charge is -2.12. The number of halogens is 1. The number of ether oxygens (including phenoxy) is 1. The SMILES string of the molecule is C=CCn1c(SCCOc2ccc(Br)cc2)nc2sc3c(c2c1=O)CCCC3. The quantitative estimate of drug-likeness (QED) is 0.196. The van der Waals surface area contributed by atoms with Gasteiger partial charge in [-0.1, -0.05) is 33.8 Å². The summed E-state index contributed by atoms with van der Waals surface area (Å²) >= 11 is 6.67. The summed E-state index contributed by atoms with van der Waals surface area (Å²) in [6.45, 7) is 4.84. The molecule has 146 valence electrons. The molecule has 1 aliphatic rings. The molecular weight excluding hydrogens is 456 g/mol. The van der Waals surface area contributed by atoms with E-state index >= 15 is 0 Å². The molecule has 1 aliphatic carbocycles. The van der Waals surface area contributed by atoms with Gasteiger partial charge in [0.1, 0.15) is 10.6 Å². The number of hydrogen-bond donors (Lipinski definition) is 0. The first-order valence-corrected chi connectivity index (χ1v) is 11.9. The van der Waals surface area contributed by atoms with Crippen molar-refractivity contribution in [2.45, 2.75) is 37.4 Å². The number of hydrogen-bond acceptors (Lipinski definition) is 5. The number of thioether (sulfide) groups is 1. The minimum atomic E-state index is 0.0700. The lowest BCUT2D eigenvalue weighted by molar-refractivity contribution is 0.343. The predicted molar refractivity (Wildman–Crippen MR) is 121 cm³/mol. The molecule has 4 nitrogen and oxygen atoms in total. The summed E-state index contributed by atoms with van der Waals surface area (Å²) in [5.74, 6) is 1.55. The molecule has 3 aromatic rings. The Balaban J connectivity index is 1.55. The van der Waals surface area contributed by atoms with Crippen molar-refractivity contribution in [2.24, 2.45) is 0 Å². The molecule has 0 N–H and O–H groups in total. The average Bonchev–Trinajstić information content (AvgIpc) is 3.08. The van der Waals surface area contributed by atoms with Crippen LogP contribution in [0.25, 0.3) is 10.2 Å². The second-order valence-electron chi connectivity index (χ2n) is 6.64. The van der Waals surface area contributed by atoms with E-state index in [1.54, 1.807) is 33.7 Å². The molecule has 0 atom stereocenters. The van der Waals surface area contributed by atoms with Crippen molar-refractivity contribution in [3.8, 4) is 5.75 Å². The van der Waals surface area contributed by atoms with Gasteiger partial charge in [-0.3, -0.25) is 9.36 Å². The summed E-state index contributed by atoms with van der Waals surface area (Å²) < 4.78 is 8.57. The normalized spacial score (nSPS) is 13.5. The minimum Gasteiger partial charge on any atom is -0.493 e.